The quantitative estimate of drug-likeness (QED) is 0.796. The van der Waals surface area contributed by atoms with Gasteiger partial charge in [0.05, 0.1) is 11.6 Å². The van der Waals surface area contributed by atoms with Crippen molar-refractivity contribution in [3.05, 3.63) is 29.0 Å². The summed E-state index contributed by atoms with van der Waals surface area (Å²) in [6, 6.07) is 3.68. The minimum atomic E-state index is -0.00123. The number of nitrogens with two attached hydrogens (primary N) is 1. The summed E-state index contributed by atoms with van der Waals surface area (Å²) in [5, 5.41) is 0.643. The van der Waals surface area contributed by atoms with E-state index in [-0.39, 0.29) is 6.04 Å². The van der Waals surface area contributed by atoms with Crippen LogP contribution in [0.5, 0.6) is 0 Å². The van der Waals surface area contributed by atoms with Crippen LogP contribution < -0.4 is 5.73 Å². The average molecular weight is 201 g/mol. The number of nitrogens with zero attached hydrogens (tertiary/aromatic N) is 1. The zero-order chi connectivity index (χ0) is 9.68. The van der Waals surface area contributed by atoms with Gasteiger partial charge >= 0.3 is 0 Å². The Morgan fingerprint density at radius 2 is 2.38 bits per heavy atom. The maximum Gasteiger partial charge on any atom is 0.0617 e. The molecule has 1 heterocycles. The predicted molar refractivity (Wildman–Crippen MR) is 52.8 cm³/mol. The van der Waals surface area contributed by atoms with Crippen LogP contribution in [0.2, 0.25) is 5.02 Å². The summed E-state index contributed by atoms with van der Waals surface area (Å²) < 4.78 is 4.92. The number of methoxy groups -OCH3 is 1. The molecule has 72 valence electrons. The first-order valence-corrected chi connectivity index (χ1v) is 4.45. The number of hydrogen-bond acceptors (Lipinski definition) is 3. The van der Waals surface area contributed by atoms with E-state index in [1.165, 1.54) is 0 Å². The molecule has 0 aliphatic heterocycles. The summed E-state index contributed by atoms with van der Waals surface area (Å²) in [5.74, 6) is 0. The van der Waals surface area contributed by atoms with Crippen LogP contribution in [0.25, 0.3) is 0 Å². The Kier molecular flexibility index (Phi) is 4.15. The molecule has 1 aromatic heterocycles. The molecule has 0 spiro atoms. The summed E-state index contributed by atoms with van der Waals surface area (Å²) in [6.45, 7) is 0.546. The second-order valence-corrected chi connectivity index (χ2v) is 3.32. The van der Waals surface area contributed by atoms with Gasteiger partial charge in [0.1, 0.15) is 0 Å². The Morgan fingerprint density at radius 1 is 1.62 bits per heavy atom. The SMILES string of the molecule is COCC(N)Cc1ccc(Cl)cn1. The Hall–Kier alpha value is -0.640. The molecule has 0 aliphatic carbocycles. The molecule has 4 heteroatoms. The lowest BCUT2D eigenvalue weighted by atomic mass is 10.1. The monoisotopic (exact) mass is 200 g/mol. The highest BCUT2D eigenvalue weighted by Crippen LogP contribution is 2.07. The van der Waals surface area contributed by atoms with E-state index in [1.54, 1.807) is 13.3 Å². The molecule has 0 aliphatic rings. The number of rotatable bonds is 4. The van der Waals surface area contributed by atoms with Gasteiger partial charge in [0, 0.05) is 31.5 Å². The molecule has 1 unspecified atom stereocenters. The van der Waals surface area contributed by atoms with Crippen LogP contribution in [0.15, 0.2) is 18.3 Å². The first-order valence-electron chi connectivity index (χ1n) is 4.07. The van der Waals surface area contributed by atoms with Gasteiger partial charge in [-0.1, -0.05) is 11.6 Å². The molecule has 1 aromatic rings. The van der Waals surface area contributed by atoms with E-state index in [0.29, 0.717) is 18.1 Å². The zero-order valence-electron chi connectivity index (χ0n) is 7.53. The largest absolute Gasteiger partial charge is 0.383 e. The van der Waals surface area contributed by atoms with Gasteiger partial charge in [-0.05, 0) is 12.1 Å². The minimum Gasteiger partial charge on any atom is -0.383 e. The summed E-state index contributed by atoms with van der Waals surface area (Å²) >= 11 is 5.69. The van der Waals surface area contributed by atoms with Gasteiger partial charge in [0.25, 0.3) is 0 Å². The third kappa shape index (κ3) is 3.72. The van der Waals surface area contributed by atoms with E-state index in [0.717, 1.165) is 5.69 Å². The van der Waals surface area contributed by atoms with E-state index in [9.17, 15) is 0 Å². The molecule has 0 fully saturated rings. The summed E-state index contributed by atoms with van der Waals surface area (Å²) in [4.78, 5) is 4.13. The van der Waals surface area contributed by atoms with Crippen molar-refractivity contribution in [1.82, 2.24) is 4.98 Å². The van der Waals surface area contributed by atoms with Gasteiger partial charge in [0.15, 0.2) is 0 Å². The first-order chi connectivity index (χ1) is 6.22. The van der Waals surface area contributed by atoms with Crippen molar-refractivity contribution in [3.63, 3.8) is 0 Å². The van der Waals surface area contributed by atoms with Gasteiger partial charge in [-0.2, -0.15) is 0 Å². The average Bonchev–Trinajstić information content (AvgIpc) is 2.09. The second-order valence-electron chi connectivity index (χ2n) is 2.89. The number of halogens is 1. The molecule has 0 saturated heterocycles. The van der Waals surface area contributed by atoms with Gasteiger partial charge in [0.2, 0.25) is 0 Å². The predicted octanol–water partition coefficient (Wildman–Crippen LogP) is 1.25. The maximum absolute atomic E-state index is 5.76. The molecular formula is C9H13ClN2O. The van der Waals surface area contributed by atoms with Crippen molar-refractivity contribution in [2.24, 2.45) is 5.73 Å². The lowest BCUT2D eigenvalue weighted by Crippen LogP contribution is -2.28. The van der Waals surface area contributed by atoms with Crippen LogP contribution >= 0.6 is 11.6 Å². The fraction of sp³-hybridized carbons (Fsp3) is 0.444. The van der Waals surface area contributed by atoms with Gasteiger partial charge in [-0.3, -0.25) is 4.98 Å². The van der Waals surface area contributed by atoms with E-state index in [4.69, 9.17) is 22.1 Å². The summed E-state index contributed by atoms with van der Waals surface area (Å²) in [5.41, 5.74) is 6.70. The van der Waals surface area contributed by atoms with Crippen molar-refractivity contribution in [2.75, 3.05) is 13.7 Å². The Labute approximate surface area is 82.9 Å². The molecule has 0 amide bonds. The fourth-order valence-electron chi connectivity index (χ4n) is 1.07. The maximum atomic E-state index is 5.76. The highest BCUT2D eigenvalue weighted by molar-refractivity contribution is 6.30. The molecular weight excluding hydrogens is 188 g/mol. The molecule has 13 heavy (non-hydrogen) atoms. The lowest BCUT2D eigenvalue weighted by molar-refractivity contribution is 0.179. The van der Waals surface area contributed by atoms with Crippen molar-refractivity contribution in [2.45, 2.75) is 12.5 Å². The molecule has 0 aromatic carbocycles. The number of pyridine rings is 1. The standard InChI is InChI=1S/C9H13ClN2O/c1-13-6-8(11)4-9-3-2-7(10)5-12-9/h2-3,5,8H,4,6,11H2,1H3. The molecule has 1 rings (SSSR count). The number of hydrogen-bond donors (Lipinski definition) is 1. The number of ether oxygens (including phenoxy) is 1. The Morgan fingerprint density at radius 3 is 2.92 bits per heavy atom. The first kappa shape index (κ1) is 10.4. The summed E-state index contributed by atoms with van der Waals surface area (Å²) in [7, 11) is 1.63. The van der Waals surface area contributed by atoms with Crippen LogP contribution in [0.4, 0.5) is 0 Å². The third-order valence-corrected chi connectivity index (χ3v) is 1.86. The molecule has 0 bridgehead atoms. The molecule has 1 atom stereocenters. The highest BCUT2D eigenvalue weighted by Gasteiger charge is 2.03. The van der Waals surface area contributed by atoms with E-state index in [2.05, 4.69) is 4.98 Å². The molecule has 0 saturated carbocycles. The Balaban J connectivity index is 2.49. The van der Waals surface area contributed by atoms with Gasteiger partial charge < -0.3 is 10.5 Å². The van der Waals surface area contributed by atoms with Gasteiger partial charge in [-0.25, -0.2) is 0 Å². The Bertz CT molecular complexity index is 250. The molecule has 3 nitrogen and oxygen atoms in total. The van der Waals surface area contributed by atoms with Crippen LogP contribution in [0.3, 0.4) is 0 Å². The smallest absolute Gasteiger partial charge is 0.0617 e. The normalized spacial score (nSPS) is 12.8. The van der Waals surface area contributed by atoms with Crippen LogP contribution in [-0.2, 0) is 11.2 Å². The molecule has 0 radical (unpaired) electrons. The van der Waals surface area contributed by atoms with E-state index in [1.807, 2.05) is 12.1 Å². The van der Waals surface area contributed by atoms with Crippen molar-refractivity contribution >= 4 is 11.6 Å². The van der Waals surface area contributed by atoms with E-state index >= 15 is 0 Å². The second kappa shape index (κ2) is 5.17. The number of aromatic nitrogens is 1. The van der Waals surface area contributed by atoms with Crippen molar-refractivity contribution < 1.29 is 4.74 Å². The minimum absolute atomic E-state index is 0.00123. The van der Waals surface area contributed by atoms with Crippen LogP contribution in [0.1, 0.15) is 5.69 Å². The van der Waals surface area contributed by atoms with Crippen LogP contribution in [0, 0.1) is 0 Å². The summed E-state index contributed by atoms with van der Waals surface area (Å²) in [6.07, 6.45) is 2.33. The van der Waals surface area contributed by atoms with Crippen molar-refractivity contribution in [3.8, 4) is 0 Å². The third-order valence-electron chi connectivity index (χ3n) is 1.64. The highest BCUT2D eigenvalue weighted by atomic mass is 35.5. The van der Waals surface area contributed by atoms with Gasteiger partial charge in [-0.15, -0.1) is 0 Å². The molecule has 2 N–H and O–H groups in total. The van der Waals surface area contributed by atoms with E-state index < -0.39 is 0 Å². The van der Waals surface area contributed by atoms with Crippen molar-refractivity contribution in [1.29, 1.82) is 0 Å². The lowest BCUT2D eigenvalue weighted by Gasteiger charge is -2.08. The fourth-order valence-corrected chi connectivity index (χ4v) is 1.18. The topological polar surface area (TPSA) is 48.1 Å². The van der Waals surface area contributed by atoms with Crippen LogP contribution in [-0.4, -0.2) is 24.7 Å². The zero-order valence-corrected chi connectivity index (χ0v) is 8.29.